The lowest BCUT2D eigenvalue weighted by Crippen LogP contribution is -2.42. The van der Waals surface area contributed by atoms with Crippen molar-refractivity contribution in [1.82, 2.24) is 10.2 Å². The van der Waals surface area contributed by atoms with Crippen molar-refractivity contribution in [1.29, 1.82) is 0 Å². The molecule has 0 aliphatic heterocycles. The van der Waals surface area contributed by atoms with Crippen molar-refractivity contribution >= 4 is 0 Å². The quantitative estimate of drug-likeness (QED) is 0.666. The third-order valence-corrected chi connectivity index (χ3v) is 3.36. The summed E-state index contributed by atoms with van der Waals surface area (Å²) < 4.78 is 10.6. The van der Waals surface area contributed by atoms with Gasteiger partial charge in [0, 0.05) is 26.2 Å². The first-order chi connectivity index (χ1) is 9.71. The molecule has 0 aliphatic rings. The van der Waals surface area contributed by atoms with Crippen molar-refractivity contribution in [3.63, 3.8) is 0 Å². The predicted octanol–water partition coefficient (Wildman–Crippen LogP) is 2.14. The number of ether oxygens (including phenoxy) is 2. The van der Waals surface area contributed by atoms with E-state index in [0.29, 0.717) is 6.04 Å². The minimum Gasteiger partial charge on any atom is -0.497 e. The van der Waals surface area contributed by atoms with E-state index in [1.165, 1.54) is 5.56 Å². The summed E-state index contributed by atoms with van der Waals surface area (Å²) >= 11 is 0. The molecule has 1 unspecified atom stereocenters. The molecule has 0 bridgehead atoms. The van der Waals surface area contributed by atoms with Crippen LogP contribution >= 0.6 is 0 Å². The number of methoxy groups -OCH3 is 2. The molecule has 0 heterocycles. The van der Waals surface area contributed by atoms with Crippen molar-refractivity contribution in [3.05, 3.63) is 29.8 Å². The summed E-state index contributed by atoms with van der Waals surface area (Å²) in [6.45, 7) is 5.80. The van der Waals surface area contributed by atoms with Crippen molar-refractivity contribution in [2.24, 2.45) is 0 Å². The van der Waals surface area contributed by atoms with Gasteiger partial charge in [0.15, 0.2) is 0 Å². The molecule has 0 saturated heterocycles. The molecule has 0 amide bonds. The molecule has 1 aromatic carbocycles. The normalized spacial score (nSPS) is 12.7. The molecular formula is C16H28N2O2. The lowest BCUT2D eigenvalue weighted by molar-refractivity contribution is 0.101. The van der Waals surface area contributed by atoms with Crippen LogP contribution in [-0.4, -0.2) is 51.9 Å². The number of nitrogens with one attached hydrogen (secondary N) is 1. The van der Waals surface area contributed by atoms with Crippen LogP contribution in [0.2, 0.25) is 0 Å². The van der Waals surface area contributed by atoms with E-state index >= 15 is 0 Å². The molecule has 4 heteroatoms. The van der Waals surface area contributed by atoms with Gasteiger partial charge in [-0.1, -0.05) is 19.1 Å². The number of hydrogen-bond acceptors (Lipinski definition) is 4. The van der Waals surface area contributed by atoms with E-state index in [4.69, 9.17) is 9.47 Å². The summed E-state index contributed by atoms with van der Waals surface area (Å²) in [5.74, 6) is 0.906. The van der Waals surface area contributed by atoms with Crippen LogP contribution in [0.15, 0.2) is 24.3 Å². The van der Waals surface area contributed by atoms with E-state index in [1.807, 2.05) is 12.1 Å². The molecule has 0 fully saturated rings. The van der Waals surface area contributed by atoms with E-state index in [2.05, 4.69) is 36.3 Å². The number of likely N-dealkylation sites (N-methyl/N-ethyl adjacent to an activating group) is 1. The maximum Gasteiger partial charge on any atom is 0.119 e. The van der Waals surface area contributed by atoms with Gasteiger partial charge < -0.3 is 14.8 Å². The molecule has 0 aromatic heterocycles. The molecule has 0 saturated carbocycles. The smallest absolute Gasteiger partial charge is 0.119 e. The van der Waals surface area contributed by atoms with Gasteiger partial charge in [-0.15, -0.1) is 0 Å². The standard InChI is InChI=1S/C16H28N2O2/c1-5-9-17-11-15(13-19-3)18(2)12-14-7-6-8-16(10-14)20-4/h6-8,10,15,17H,5,9,11-13H2,1-4H3. The highest BCUT2D eigenvalue weighted by Crippen LogP contribution is 2.14. The van der Waals surface area contributed by atoms with Gasteiger partial charge in [-0.25, -0.2) is 0 Å². The fraction of sp³-hybridized carbons (Fsp3) is 0.625. The molecule has 1 aromatic rings. The van der Waals surface area contributed by atoms with Crippen molar-refractivity contribution in [3.8, 4) is 5.75 Å². The topological polar surface area (TPSA) is 33.7 Å². The van der Waals surface area contributed by atoms with Gasteiger partial charge in [0.05, 0.1) is 13.7 Å². The maximum absolute atomic E-state index is 5.33. The highest BCUT2D eigenvalue weighted by atomic mass is 16.5. The van der Waals surface area contributed by atoms with E-state index in [-0.39, 0.29) is 0 Å². The number of nitrogens with zero attached hydrogens (tertiary/aromatic N) is 1. The van der Waals surface area contributed by atoms with Crippen LogP contribution in [0.3, 0.4) is 0 Å². The Labute approximate surface area is 123 Å². The third kappa shape index (κ3) is 5.90. The Morgan fingerprint density at radius 1 is 1.30 bits per heavy atom. The van der Waals surface area contributed by atoms with E-state index in [0.717, 1.165) is 38.4 Å². The highest BCUT2D eigenvalue weighted by Gasteiger charge is 2.14. The summed E-state index contributed by atoms with van der Waals surface area (Å²) in [5, 5.41) is 3.46. The van der Waals surface area contributed by atoms with Crippen LogP contribution in [0.4, 0.5) is 0 Å². The third-order valence-electron chi connectivity index (χ3n) is 3.36. The Morgan fingerprint density at radius 3 is 2.75 bits per heavy atom. The second kappa shape index (κ2) is 9.75. The van der Waals surface area contributed by atoms with Crippen LogP contribution in [0, 0.1) is 0 Å². The fourth-order valence-electron chi connectivity index (χ4n) is 2.17. The van der Waals surface area contributed by atoms with Crippen molar-refractivity contribution in [2.75, 3.05) is 41.0 Å². The fourth-order valence-corrected chi connectivity index (χ4v) is 2.17. The highest BCUT2D eigenvalue weighted by molar-refractivity contribution is 5.28. The van der Waals surface area contributed by atoms with E-state index in [9.17, 15) is 0 Å². The van der Waals surface area contributed by atoms with Crippen molar-refractivity contribution < 1.29 is 9.47 Å². The molecule has 114 valence electrons. The summed E-state index contributed by atoms with van der Waals surface area (Å²) in [6.07, 6.45) is 1.15. The Balaban J connectivity index is 2.56. The van der Waals surface area contributed by atoms with Crippen LogP contribution in [-0.2, 0) is 11.3 Å². The molecule has 0 aliphatic carbocycles. The van der Waals surface area contributed by atoms with Gasteiger partial charge >= 0.3 is 0 Å². The summed E-state index contributed by atoms with van der Waals surface area (Å²) in [7, 11) is 5.59. The average molecular weight is 280 g/mol. The van der Waals surface area contributed by atoms with Crippen LogP contribution in [0.5, 0.6) is 5.75 Å². The lowest BCUT2D eigenvalue weighted by Gasteiger charge is -2.28. The zero-order valence-corrected chi connectivity index (χ0v) is 13.2. The molecule has 1 rings (SSSR count). The Morgan fingerprint density at radius 2 is 2.10 bits per heavy atom. The second-order valence-electron chi connectivity index (χ2n) is 5.08. The summed E-state index contributed by atoms with van der Waals surface area (Å²) in [4.78, 5) is 2.32. The van der Waals surface area contributed by atoms with Gasteiger partial charge in [0.25, 0.3) is 0 Å². The molecule has 1 N–H and O–H groups in total. The first-order valence-corrected chi connectivity index (χ1v) is 7.24. The van der Waals surface area contributed by atoms with Gasteiger partial charge in [-0.05, 0) is 37.7 Å². The van der Waals surface area contributed by atoms with E-state index in [1.54, 1.807) is 14.2 Å². The zero-order chi connectivity index (χ0) is 14.8. The molecule has 4 nitrogen and oxygen atoms in total. The number of hydrogen-bond donors (Lipinski definition) is 1. The average Bonchev–Trinajstić information content (AvgIpc) is 2.46. The van der Waals surface area contributed by atoms with Crippen molar-refractivity contribution in [2.45, 2.75) is 25.9 Å². The van der Waals surface area contributed by atoms with Gasteiger partial charge in [-0.3, -0.25) is 4.90 Å². The molecule has 0 radical (unpaired) electrons. The SMILES string of the molecule is CCCNCC(COC)N(C)Cc1cccc(OC)c1. The van der Waals surface area contributed by atoms with Crippen LogP contribution in [0.25, 0.3) is 0 Å². The second-order valence-corrected chi connectivity index (χ2v) is 5.08. The summed E-state index contributed by atoms with van der Waals surface area (Å²) in [5.41, 5.74) is 1.25. The monoisotopic (exact) mass is 280 g/mol. The molecule has 20 heavy (non-hydrogen) atoms. The van der Waals surface area contributed by atoms with E-state index < -0.39 is 0 Å². The Bertz CT molecular complexity index is 371. The minimum atomic E-state index is 0.373. The van der Waals surface area contributed by atoms with Crippen LogP contribution < -0.4 is 10.1 Å². The Hall–Kier alpha value is -1.10. The first-order valence-electron chi connectivity index (χ1n) is 7.24. The summed E-state index contributed by atoms with van der Waals surface area (Å²) in [6, 6.07) is 8.59. The Kier molecular flexibility index (Phi) is 8.26. The van der Waals surface area contributed by atoms with Crippen LogP contribution in [0.1, 0.15) is 18.9 Å². The zero-order valence-electron chi connectivity index (χ0n) is 13.2. The number of benzene rings is 1. The largest absolute Gasteiger partial charge is 0.497 e. The molecule has 0 spiro atoms. The molecule has 1 atom stereocenters. The maximum atomic E-state index is 5.33. The lowest BCUT2D eigenvalue weighted by atomic mass is 10.1. The number of rotatable bonds is 10. The van der Waals surface area contributed by atoms with Gasteiger partial charge in [0.1, 0.15) is 5.75 Å². The minimum absolute atomic E-state index is 0.373. The predicted molar refractivity (Wildman–Crippen MR) is 83.3 cm³/mol. The first kappa shape index (κ1) is 17.0. The van der Waals surface area contributed by atoms with Gasteiger partial charge in [-0.2, -0.15) is 0 Å². The molecular weight excluding hydrogens is 252 g/mol. The van der Waals surface area contributed by atoms with Gasteiger partial charge in [0.2, 0.25) is 0 Å².